The van der Waals surface area contributed by atoms with E-state index >= 15 is 0 Å². The van der Waals surface area contributed by atoms with Crippen LogP contribution in [-0.2, 0) is 27.4 Å². The summed E-state index contributed by atoms with van der Waals surface area (Å²) in [6, 6.07) is 11.4. The molecule has 3 rings (SSSR count). The molecule has 30 heavy (non-hydrogen) atoms. The van der Waals surface area contributed by atoms with Gasteiger partial charge in [-0.05, 0) is 41.8 Å². The first kappa shape index (κ1) is 21.6. The van der Waals surface area contributed by atoms with Crippen LogP contribution in [0.15, 0.2) is 36.4 Å². The molecule has 1 amide bonds. The molecule has 1 N–H and O–H groups in total. The lowest BCUT2D eigenvalue weighted by Crippen LogP contribution is -2.26. The number of amides is 1. The Morgan fingerprint density at radius 1 is 1.13 bits per heavy atom. The molecule has 0 spiro atoms. The van der Waals surface area contributed by atoms with E-state index in [9.17, 15) is 9.59 Å². The van der Waals surface area contributed by atoms with Gasteiger partial charge in [-0.1, -0.05) is 18.2 Å². The molecule has 0 fully saturated rings. The first-order chi connectivity index (χ1) is 14.5. The number of nitrogens with zero attached hydrogens (tertiary/aromatic N) is 1. The Bertz CT molecular complexity index is 928. The number of fused-ring (bicyclic) bond motifs is 1. The summed E-state index contributed by atoms with van der Waals surface area (Å²) < 4.78 is 16.1. The van der Waals surface area contributed by atoms with Crippen molar-refractivity contribution >= 4 is 17.6 Å². The molecule has 1 aliphatic rings. The summed E-state index contributed by atoms with van der Waals surface area (Å²) in [5.41, 5.74) is 3.96. The van der Waals surface area contributed by atoms with Gasteiger partial charge in [-0.3, -0.25) is 14.5 Å². The van der Waals surface area contributed by atoms with E-state index in [-0.39, 0.29) is 24.3 Å². The van der Waals surface area contributed by atoms with Crippen molar-refractivity contribution in [2.45, 2.75) is 39.4 Å². The Morgan fingerprint density at radius 2 is 1.93 bits per heavy atom. The van der Waals surface area contributed by atoms with Crippen LogP contribution in [0.5, 0.6) is 11.5 Å². The van der Waals surface area contributed by atoms with E-state index < -0.39 is 0 Å². The molecule has 0 saturated carbocycles. The highest BCUT2D eigenvalue weighted by molar-refractivity contribution is 5.89. The molecule has 1 aliphatic heterocycles. The minimum Gasteiger partial charge on any atom is -0.493 e. The van der Waals surface area contributed by atoms with E-state index in [1.54, 1.807) is 7.11 Å². The number of nitrogens with one attached hydrogen (secondary N) is 1. The number of benzene rings is 2. The van der Waals surface area contributed by atoms with Crippen LogP contribution in [0.25, 0.3) is 0 Å². The molecule has 160 valence electrons. The highest BCUT2D eigenvalue weighted by atomic mass is 16.5. The van der Waals surface area contributed by atoms with Crippen molar-refractivity contribution in [3.8, 4) is 11.5 Å². The molecule has 2 aromatic rings. The minimum atomic E-state index is -0.285. The molecular formula is C23H28N2O5. The molecule has 0 radical (unpaired) electrons. The minimum absolute atomic E-state index is 0.107. The van der Waals surface area contributed by atoms with E-state index in [2.05, 4.69) is 16.3 Å². The van der Waals surface area contributed by atoms with Gasteiger partial charge in [0.25, 0.3) is 0 Å². The largest absolute Gasteiger partial charge is 0.493 e. The van der Waals surface area contributed by atoms with Gasteiger partial charge < -0.3 is 19.5 Å². The van der Waals surface area contributed by atoms with Crippen molar-refractivity contribution < 1.29 is 23.8 Å². The molecule has 7 heteroatoms. The number of ether oxygens (including phenoxy) is 3. The van der Waals surface area contributed by atoms with Crippen LogP contribution in [0, 0.1) is 0 Å². The molecular weight excluding hydrogens is 384 g/mol. The second-order valence-electron chi connectivity index (χ2n) is 7.17. The zero-order valence-electron chi connectivity index (χ0n) is 17.9. The van der Waals surface area contributed by atoms with Gasteiger partial charge in [0, 0.05) is 31.7 Å². The molecule has 1 atom stereocenters. The Morgan fingerprint density at radius 3 is 2.60 bits per heavy atom. The fourth-order valence-electron chi connectivity index (χ4n) is 3.84. The van der Waals surface area contributed by atoms with Crippen LogP contribution >= 0.6 is 0 Å². The second-order valence-corrected chi connectivity index (χ2v) is 7.17. The zero-order chi connectivity index (χ0) is 21.7. The zero-order valence-corrected chi connectivity index (χ0v) is 17.9. The molecule has 0 aliphatic carbocycles. The van der Waals surface area contributed by atoms with E-state index in [0.717, 1.165) is 22.4 Å². The van der Waals surface area contributed by atoms with Crippen molar-refractivity contribution in [2.24, 2.45) is 0 Å². The Hall–Kier alpha value is -3.06. The number of esters is 1. The van der Waals surface area contributed by atoms with Gasteiger partial charge in [0.05, 0.1) is 27.2 Å². The number of hydrogen-bond donors (Lipinski definition) is 1. The van der Waals surface area contributed by atoms with Gasteiger partial charge in [-0.25, -0.2) is 0 Å². The van der Waals surface area contributed by atoms with Crippen molar-refractivity contribution in [1.29, 1.82) is 0 Å². The lowest BCUT2D eigenvalue weighted by molar-refractivity contribution is -0.142. The maximum atomic E-state index is 12.2. The number of hydrogen-bond acceptors (Lipinski definition) is 6. The van der Waals surface area contributed by atoms with Gasteiger partial charge >= 0.3 is 5.97 Å². The van der Waals surface area contributed by atoms with Crippen LogP contribution in [0.3, 0.4) is 0 Å². The summed E-state index contributed by atoms with van der Waals surface area (Å²) in [7, 11) is 3.00. The molecule has 0 saturated heterocycles. The van der Waals surface area contributed by atoms with Gasteiger partial charge in [0.15, 0.2) is 11.5 Å². The van der Waals surface area contributed by atoms with Crippen molar-refractivity contribution in [1.82, 2.24) is 4.90 Å². The van der Waals surface area contributed by atoms with Crippen LogP contribution in [0.2, 0.25) is 0 Å². The molecule has 1 unspecified atom stereocenters. The SMILES string of the molecule is CCOc1cc(C(CC(=O)OC)N2Cc3cccc(NC(C)=O)c3C2)ccc1OC. The summed E-state index contributed by atoms with van der Waals surface area (Å²) in [5.74, 6) is 0.898. The summed E-state index contributed by atoms with van der Waals surface area (Å²) in [5, 5.41) is 2.90. The molecule has 0 aromatic heterocycles. The maximum absolute atomic E-state index is 12.2. The van der Waals surface area contributed by atoms with Crippen LogP contribution < -0.4 is 14.8 Å². The highest BCUT2D eigenvalue weighted by Gasteiger charge is 2.31. The third-order valence-electron chi connectivity index (χ3n) is 5.22. The fourth-order valence-corrected chi connectivity index (χ4v) is 3.84. The number of carbonyl (C=O) groups is 2. The summed E-state index contributed by atoms with van der Waals surface area (Å²) in [4.78, 5) is 26.0. The standard InChI is InChI=1S/C23H28N2O5/c1-5-30-22-11-16(9-10-21(22)28-3)20(12-23(27)29-4)25-13-17-7-6-8-19(18(17)14-25)24-15(2)26/h6-11,20H,5,12-14H2,1-4H3,(H,24,26). The van der Waals surface area contributed by atoms with Gasteiger partial charge in [-0.2, -0.15) is 0 Å². The predicted molar refractivity (Wildman–Crippen MR) is 114 cm³/mol. The Labute approximate surface area is 176 Å². The van der Waals surface area contributed by atoms with Crippen molar-refractivity contribution in [2.75, 3.05) is 26.1 Å². The lowest BCUT2D eigenvalue weighted by atomic mass is 10.0. The Balaban J connectivity index is 1.94. The van der Waals surface area contributed by atoms with E-state index in [1.807, 2.05) is 37.3 Å². The first-order valence-corrected chi connectivity index (χ1v) is 9.96. The number of anilines is 1. The van der Waals surface area contributed by atoms with E-state index in [1.165, 1.54) is 14.0 Å². The van der Waals surface area contributed by atoms with Gasteiger partial charge in [0.2, 0.25) is 5.91 Å². The Kier molecular flexibility index (Phi) is 6.95. The predicted octanol–water partition coefficient (Wildman–Crippen LogP) is 3.67. The van der Waals surface area contributed by atoms with E-state index in [4.69, 9.17) is 14.2 Å². The first-order valence-electron chi connectivity index (χ1n) is 9.96. The third kappa shape index (κ3) is 4.74. The number of methoxy groups -OCH3 is 2. The molecule has 7 nitrogen and oxygen atoms in total. The van der Waals surface area contributed by atoms with Crippen molar-refractivity contribution in [3.05, 3.63) is 53.1 Å². The average Bonchev–Trinajstić information content (AvgIpc) is 3.16. The van der Waals surface area contributed by atoms with Crippen molar-refractivity contribution in [3.63, 3.8) is 0 Å². The second kappa shape index (κ2) is 9.63. The van der Waals surface area contributed by atoms with Crippen LogP contribution in [-0.4, -0.2) is 37.6 Å². The molecule has 0 bridgehead atoms. The topological polar surface area (TPSA) is 77.1 Å². The normalized spacial score (nSPS) is 14.0. The summed E-state index contributed by atoms with van der Waals surface area (Å²) in [6.07, 6.45) is 0.206. The van der Waals surface area contributed by atoms with E-state index in [0.29, 0.717) is 31.2 Å². The van der Waals surface area contributed by atoms with Crippen LogP contribution in [0.1, 0.15) is 43.0 Å². The smallest absolute Gasteiger partial charge is 0.307 e. The fraction of sp³-hybridized carbons (Fsp3) is 0.391. The lowest BCUT2D eigenvalue weighted by Gasteiger charge is -2.28. The average molecular weight is 412 g/mol. The summed E-state index contributed by atoms with van der Waals surface area (Å²) in [6.45, 7) is 5.21. The maximum Gasteiger partial charge on any atom is 0.307 e. The van der Waals surface area contributed by atoms with Gasteiger partial charge in [0.1, 0.15) is 0 Å². The molecule has 2 aromatic carbocycles. The molecule has 1 heterocycles. The summed E-state index contributed by atoms with van der Waals surface area (Å²) >= 11 is 0. The quantitative estimate of drug-likeness (QED) is 0.667. The number of rotatable bonds is 8. The monoisotopic (exact) mass is 412 g/mol. The van der Waals surface area contributed by atoms with Crippen LogP contribution in [0.4, 0.5) is 5.69 Å². The van der Waals surface area contributed by atoms with Gasteiger partial charge in [-0.15, -0.1) is 0 Å². The highest BCUT2D eigenvalue weighted by Crippen LogP contribution is 2.39. The number of carbonyl (C=O) groups excluding carboxylic acids is 2. The third-order valence-corrected chi connectivity index (χ3v) is 5.22.